The number of carboxylic acid groups (broad SMARTS) is 2. The summed E-state index contributed by atoms with van der Waals surface area (Å²) in [7, 11) is 0. The van der Waals surface area contributed by atoms with E-state index >= 15 is 0 Å². The smallest absolute Gasteiger partial charge is 0.320 e. The molecule has 0 aliphatic carbocycles. The molecule has 7 N–H and O–H groups in total. The van der Waals surface area contributed by atoms with Gasteiger partial charge in [-0.25, -0.2) is 4.98 Å². The van der Waals surface area contributed by atoms with Crippen LogP contribution in [0.15, 0.2) is 12.5 Å². The first kappa shape index (κ1) is 18.4. The third kappa shape index (κ3) is 8.51. The number of nitrogens with zero attached hydrogens (tertiary/aromatic N) is 1. The van der Waals surface area contributed by atoms with Crippen LogP contribution in [0.3, 0.4) is 0 Å². The van der Waals surface area contributed by atoms with E-state index in [1.807, 2.05) is 6.26 Å². The highest BCUT2D eigenvalue weighted by atomic mass is 32.2. The van der Waals surface area contributed by atoms with Crippen LogP contribution in [0.4, 0.5) is 0 Å². The predicted octanol–water partition coefficient (Wildman–Crippen LogP) is -0.484. The number of nitrogens with one attached hydrogen (secondary N) is 1. The van der Waals surface area contributed by atoms with Gasteiger partial charge in [0.1, 0.15) is 12.1 Å². The van der Waals surface area contributed by atoms with Crippen LogP contribution in [0.5, 0.6) is 0 Å². The monoisotopic (exact) mass is 304 g/mol. The molecule has 0 spiro atoms. The Morgan fingerprint density at radius 1 is 1.35 bits per heavy atom. The zero-order chi connectivity index (χ0) is 15.5. The molecule has 0 bridgehead atoms. The quantitative estimate of drug-likeness (QED) is 0.452. The van der Waals surface area contributed by atoms with Crippen LogP contribution < -0.4 is 11.5 Å². The van der Waals surface area contributed by atoms with Gasteiger partial charge in [-0.15, -0.1) is 0 Å². The normalized spacial score (nSPS) is 12.9. The van der Waals surface area contributed by atoms with Crippen molar-refractivity contribution in [3.05, 3.63) is 18.2 Å². The number of thioether (sulfide) groups is 1. The molecule has 0 unspecified atom stereocenters. The topological polar surface area (TPSA) is 155 Å². The lowest BCUT2D eigenvalue weighted by atomic mass is 10.2. The van der Waals surface area contributed by atoms with Crippen molar-refractivity contribution in [1.29, 1.82) is 0 Å². The van der Waals surface area contributed by atoms with E-state index in [4.69, 9.17) is 21.7 Å². The van der Waals surface area contributed by atoms with Crippen molar-refractivity contribution < 1.29 is 19.8 Å². The summed E-state index contributed by atoms with van der Waals surface area (Å²) in [5, 5.41) is 16.7. The van der Waals surface area contributed by atoms with Crippen LogP contribution in [0, 0.1) is 0 Å². The van der Waals surface area contributed by atoms with Gasteiger partial charge in [-0.05, 0) is 18.4 Å². The Hall–Kier alpha value is -1.58. The molecule has 1 aromatic rings. The second kappa shape index (κ2) is 10.2. The number of nitrogens with two attached hydrogens (primary N) is 2. The van der Waals surface area contributed by atoms with E-state index in [9.17, 15) is 9.59 Å². The fourth-order valence-electron chi connectivity index (χ4n) is 1.08. The first-order chi connectivity index (χ1) is 9.38. The molecule has 0 aliphatic rings. The van der Waals surface area contributed by atoms with Gasteiger partial charge in [-0.1, -0.05) is 0 Å². The summed E-state index contributed by atoms with van der Waals surface area (Å²) >= 11 is 1.60. The van der Waals surface area contributed by atoms with Crippen LogP contribution in [0.1, 0.15) is 12.1 Å². The number of aliphatic carboxylic acids is 2. The maximum absolute atomic E-state index is 10.3. The van der Waals surface area contributed by atoms with Gasteiger partial charge in [0.2, 0.25) is 0 Å². The number of aromatic amines is 1. The van der Waals surface area contributed by atoms with Crippen LogP contribution in [0.25, 0.3) is 0 Å². The van der Waals surface area contributed by atoms with Gasteiger partial charge in [0.15, 0.2) is 0 Å². The van der Waals surface area contributed by atoms with Gasteiger partial charge in [-0.3, -0.25) is 9.59 Å². The second-order valence-corrected chi connectivity index (χ2v) is 4.92. The first-order valence-corrected chi connectivity index (χ1v) is 7.21. The highest BCUT2D eigenvalue weighted by Gasteiger charge is 2.12. The SMILES string of the molecule is CSCC[C@H](N)C(=O)O.N[C@@H](Cc1c[nH]cn1)C(=O)O. The molecule has 0 fully saturated rings. The van der Waals surface area contributed by atoms with E-state index in [1.165, 1.54) is 6.33 Å². The highest BCUT2D eigenvalue weighted by molar-refractivity contribution is 7.98. The molecule has 0 radical (unpaired) electrons. The molecule has 1 aromatic heterocycles. The number of carbonyl (C=O) groups is 2. The van der Waals surface area contributed by atoms with Crippen molar-refractivity contribution in [1.82, 2.24) is 9.97 Å². The van der Waals surface area contributed by atoms with E-state index in [-0.39, 0.29) is 6.42 Å². The number of H-pyrrole nitrogens is 1. The Morgan fingerprint density at radius 3 is 2.35 bits per heavy atom. The van der Waals surface area contributed by atoms with Gasteiger partial charge < -0.3 is 26.7 Å². The molecule has 2 atom stereocenters. The van der Waals surface area contributed by atoms with Crippen LogP contribution in [0.2, 0.25) is 0 Å². The maximum Gasteiger partial charge on any atom is 0.320 e. The molecular weight excluding hydrogens is 284 g/mol. The molecule has 9 heteroatoms. The Balaban J connectivity index is 0.000000370. The third-order valence-corrected chi connectivity index (χ3v) is 2.90. The van der Waals surface area contributed by atoms with Crippen molar-refractivity contribution in [2.45, 2.75) is 24.9 Å². The lowest BCUT2D eigenvalue weighted by Crippen LogP contribution is -2.32. The molecule has 1 heterocycles. The van der Waals surface area contributed by atoms with E-state index in [2.05, 4.69) is 9.97 Å². The minimum Gasteiger partial charge on any atom is -0.480 e. The number of hydrogen-bond donors (Lipinski definition) is 5. The Labute approximate surface area is 120 Å². The fraction of sp³-hybridized carbons (Fsp3) is 0.545. The zero-order valence-electron chi connectivity index (χ0n) is 11.2. The number of imidazole rings is 1. The zero-order valence-corrected chi connectivity index (χ0v) is 12.0. The standard InChI is InChI=1S/C6H9N3O2.C5H11NO2S/c7-5(6(10)11)1-4-2-8-3-9-4;1-9-3-2-4(6)5(7)8/h2-3,5H,1,7H2,(H,8,9)(H,10,11);4H,2-3,6H2,1H3,(H,7,8)/t5-;4-/m00/s1. The predicted molar refractivity (Wildman–Crippen MR) is 76.5 cm³/mol. The highest BCUT2D eigenvalue weighted by Crippen LogP contribution is 1.97. The molecule has 0 saturated carbocycles. The lowest BCUT2D eigenvalue weighted by molar-refractivity contribution is -0.139. The molecule has 0 amide bonds. The molecule has 20 heavy (non-hydrogen) atoms. The van der Waals surface area contributed by atoms with Crippen LogP contribution in [-0.4, -0.2) is 56.2 Å². The molecule has 8 nitrogen and oxygen atoms in total. The van der Waals surface area contributed by atoms with Crippen molar-refractivity contribution in [2.75, 3.05) is 12.0 Å². The number of rotatable bonds is 7. The first-order valence-electron chi connectivity index (χ1n) is 5.81. The minimum absolute atomic E-state index is 0.263. The Morgan fingerprint density at radius 2 is 1.95 bits per heavy atom. The molecule has 0 saturated heterocycles. The van der Waals surface area contributed by atoms with Crippen molar-refractivity contribution >= 4 is 23.7 Å². The summed E-state index contributed by atoms with van der Waals surface area (Å²) in [6, 6.07) is -1.55. The van der Waals surface area contributed by atoms with E-state index in [0.29, 0.717) is 12.1 Å². The van der Waals surface area contributed by atoms with Gasteiger partial charge in [0.05, 0.1) is 12.0 Å². The largest absolute Gasteiger partial charge is 0.480 e. The van der Waals surface area contributed by atoms with Gasteiger partial charge in [-0.2, -0.15) is 11.8 Å². The summed E-state index contributed by atoms with van der Waals surface area (Å²) in [5.74, 6) is -1.11. The van der Waals surface area contributed by atoms with Gasteiger partial charge in [0.25, 0.3) is 0 Å². The van der Waals surface area contributed by atoms with Crippen molar-refractivity contribution in [3.8, 4) is 0 Å². The molecule has 114 valence electrons. The van der Waals surface area contributed by atoms with Gasteiger partial charge in [0, 0.05) is 12.6 Å². The number of aromatic nitrogens is 2. The summed E-state index contributed by atoms with van der Waals surface area (Å²) in [5.41, 5.74) is 11.1. The van der Waals surface area contributed by atoms with Crippen molar-refractivity contribution in [3.63, 3.8) is 0 Å². The van der Waals surface area contributed by atoms with E-state index < -0.39 is 24.0 Å². The summed E-state index contributed by atoms with van der Waals surface area (Å²) in [6.45, 7) is 0. The summed E-state index contributed by atoms with van der Waals surface area (Å²) < 4.78 is 0. The summed E-state index contributed by atoms with van der Waals surface area (Å²) in [4.78, 5) is 26.9. The van der Waals surface area contributed by atoms with E-state index in [1.54, 1.807) is 18.0 Å². The van der Waals surface area contributed by atoms with E-state index in [0.717, 1.165) is 5.75 Å². The molecular formula is C11H20N4O4S. The Bertz CT molecular complexity index is 399. The Kier molecular flexibility index (Phi) is 9.43. The lowest BCUT2D eigenvalue weighted by Gasteiger charge is -2.02. The average molecular weight is 304 g/mol. The van der Waals surface area contributed by atoms with Crippen molar-refractivity contribution in [2.24, 2.45) is 11.5 Å². The average Bonchev–Trinajstić information content (AvgIpc) is 2.89. The minimum atomic E-state index is -1.01. The summed E-state index contributed by atoms with van der Waals surface area (Å²) in [6.07, 6.45) is 5.86. The maximum atomic E-state index is 10.3. The number of carboxylic acids is 2. The van der Waals surface area contributed by atoms with Crippen LogP contribution >= 0.6 is 11.8 Å². The third-order valence-electron chi connectivity index (χ3n) is 2.25. The molecule has 1 rings (SSSR count). The van der Waals surface area contributed by atoms with Crippen LogP contribution in [-0.2, 0) is 16.0 Å². The second-order valence-electron chi connectivity index (χ2n) is 3.94. The number of hydrogen-bond acceptors (Lipinski definition) is 6. The molecule has 0 aliphatic heterocycles. The molecule has 0 aromatic carbocycles. The fourth-order valence-corrected chi connectivity index (χ4v) is 1.57. The van der Waals surface area contributed by atoms with Gasteiger partial charge >= 0.3 is 11.9 Å².